The zero-order valence-corrected chi connectivity index (χ0v) is 9.76. The van der Waals surface area contributed by atoms with Crippen molar-refractivity contribution in [3.8, 4) is 0 Å². The lowest BCUT2D eigenvalue weighted by atomic mass is 10.3. The summed E-state index contributed by atoms with van der Waals surface area (Å²) in [6.45, 7) is 2.52. The molecule has 1 aliphatic rings. The SMILES string of the molecule is COC(=O)c1coc(C(=O)OC[C@@H]2C[C@H]2C)c1. The van der Waals surface area contributed by atoms with Crippen LogP contribution in [0, 0.1) is 11.8 Å². The molecule has 1 saturated carbocycles. The third-order valence-corrected chi connectivity index (χ3v) is 2.93. The average molecular weight is 238 g/mol. The molecule has 1 aromatic rings. The lowest BCUT2D eigenvalue weighted by molar-refractivity contribution is 0.0444. The molecule has 2 atom stereocenters. The second kappa shape index (κ2) is 4.61. The molecule has 5 nitrogen and oxygen atoms in total. The minimum atomic E-state index is -0.542. The summed E-state index contributed by atoms with van der Waals surface area (Å²) in [6.07, 6.45) is 2.28. The van der Waals surface area contributed by atoms with Gasteiger partial charge in [-0.25, -0.2) is 9.59 Å². The van der Waals surface area contributed by atoms with Crippen molar-refractivity contribution in [2.45, 2.75) is 13.3 Å². The molecular formula is C12H14O5. The van der Waals surface area contributed by atoms with Crippen LogP contribution >= 0.6 is 0 Å². The minimum absolute atomic E-state index is 0.0266. The largest absolute Gasteiger partial charge is 0.465 e. The fourth-order valence-electron chi connectivity index (χ4n) is 1.55. The van der Waals surface area contributed by atoms with Gasteiger partial charge in [-0.2, -0.15) is 0 Å². The third-order valence-electron chi connectivity index (χ3n) is 2.93. The number of furan rings is 1. The number of carbonyl (C=O) groups excluding carboxylic acids is 2. The first-order valence-corrected chi connectivity index (χ1v) is 5.45. The van der Waals surface area contributed by atoms with Crippen LogP contribution in [0.15, 0.2) is 16.7 Å². The fourth-order valence-corrected chi connectivity index (χ4v) is 1.55. The van der Waals surface area contributed by atoms with Gasteiger partial charge in [-0.15, -0.1) is 0 Å². The summed E-state index contributed by atoms with van der Waals surface area (Å²) in [5, 5.41) is 0. The molecule has 0 saturated heterocycles. The molecule has 2 rings (SSSR count). The molecule has 17 heavy (non-hydrogen) atoms. The number of rotatable bonds is 4. The summed E-state index contributed by atoms with van der Waals surface area (Å²) >= 11 is 0. The van der Waals surface area contributed by atoms with Gasteiger partial charge >= 0.3 is 11.9 Å². The van der Waals surface area contributed by atoms with E-state index in [-0.39, 0.29) is 11.3 Å². The van der Waals surface area contributed by atoms with E-state index in [1.54, 1.807) is 0 Å². The first-order valence-electron chi connectivity index (χ1n) is 5.45. The van der Waals surface area contributed by atoms with E-state index in [9.17, 15) is 9.59 Å². The Morgan fingerprint density at radius 1 is 1.47 bits per heavy atom. The van der Waals surface area contributed by atoms with E-state index in [4.69, 9.17) is 9.15 Å². The Kier molecular flexibility index (Phi) is 3.17. The van der Waals surface area contributed by atoms with Gasteiger partial charge in [0.2, 0.25) is 5.76 Å². The van der Waals surface area contributed by atoms with Crippen molar-refractivity contribution in [3.63, 3.8) is 0 Å². The molecular weight excluding hydrogens is 224 g/mol. The summed E-state index contributed by atoms with van der Waals surface area (Å²) < 4.78 is 14.5. The molecule has 5 heteroatoms. The molecule has 0 aromatic carbocycles. The molecule has 0 N–H and O–H groups in total. The van der Waals surface area contributed by atoms with Crippen molar-refractivity contribution in [1.82, 2.24) is 0 Å². The highest BCUT2D eigenvalue weighted by Gasteiger charge is 2.34. The normalized spacial score (nSPS) is 22.0. The van der Waals surface area contributed by atoms with E-state index in [0.29, 0.717) is 18.4 Å². The Morgan fingerprint density at radius 2 is 2.18 bits per heavy atom. The van der Waals surface area contributed by atoms with Crippen molar-refractivity contribution in [2.24, 2.45) is 11.8 Å². The predicted octanol–water partition coefficient (Wildman–Crippen LogP) is 1.88. The molecule has 1 aromatic heterocycles. The van der Waals surface area contributed by atoms with E-state index in [1.165, 1.54) is 19.4 Å². The van der Waals surface area contributed by atoms with E-state index in [0.717, 1.165) is 6.42 Å². The zero-order valence-electron chi connectivity index (χ0n) is 9.76. The lowest BCUT2D eigenvalue weighted by Gasteiger charge is -2.00. The zero-order chi connectivity index (χ0) is 12.4. The van der Waals surface area contributed by atoms with Crippen molar-refractivity contribution >= 4 is 11.9 Å². The Hall–Kier alpha value is -1.78. The average Bonchev–Trinajstić information content (AvgIpc) is 2.83. The van der Waals surface area contributed by atoms with Gasteiger partial charge in [0.25, 0.3) is 0 Å². The van der Waals surface area contributed by atoms with Gasteiger partial charge in [-0.3, -0.25) is 0 Å². The van der Waals surface area contributed by atoms with E-state index in [1.807, 2.05) is 0 Å². The maximum atomic E-state index is 11.5. The van der Waals surface area contributed by atoms with E-state index < -0.39 is 11.9 Å². The van der Waals surface area contributed by atoms with Gasteiger partial charge in [0.05, 0.1) is 19.3 Å². The van der Waals surface area contributed by atoms with Gasteiger partial charge in [0, 0.05) is 6.07 Å². The smallest absolute Gasteiger partial charge is 0.374 e. The van der Waals surface area contributed by atoms with Crippen LogP contribution in [0.2, 0.25) is 0 Å². The Morgan fingerprint density at radius 3 is 2.76 bits per heavy atom. The highest BCUT2D eigenvalue weighted by atomic mass is 16.5. The van der Waals surface area contributed by atoms with Crippen LogP contribution in [0.4, 0.5) is 0 Å². The van der Waals surface area contributed by atoms with Crippen LogP contribution < -0.4 is 0 Å². The molecule has 0 radical (unpaired) electrons. The van der Waals surface area contributed by atoms with E-state index >= 15 is 0 Å². The molecule has 0 bridgehead atoms. The highest BCUT2D eigenvalue weighted by Crippen LogP contribution is 2.37. The summed E-state index contributed by atoms with van der Waals surface area (Å²) in [6, 6.07) is 1.32. The van der Waals surface area contributed by atoms with Crippen LogP contribution in [0.25, 0.3) is 0 Å². The topological polar surface area (TPSA) is 65.7 Å². The number of ether oxygens (including phenoxy) is 2. The standard InChI is InChI=1S/C12H14O5/c1-7-3-8(7)5-17-12(14)10-4-9(6-16-10)11(13)15-2/h4,6-8H,3,5H2,1-2H3/t7-,8+/m1/s1. The van der Waals surface area contributed by atoms with Gasteiger partial charge < -0.3 is 13.9 Å². The summed E-state index contributed by atoms with van der Waals surface area (Å²) in [5.41, 5.74) is 0.208. The van der Waals surface area contributed by atoms with Crippen molar-refractivity contribution in [1.29, 1.82) is 0 Å². The first kappa shape index (κ1) is 11.7. The van der Waals surface area contributed by atoms with Crippen LogP contribution in [0.3, 0.4) is 0 Å². The molecule has 0 spiro atoms. The van der Waals surface area contributed by atoms with Gasteiger partial charge in [0.15, 0.2) is 0 Å². The van der Waals surface area contributed by atoms with E-state index in [2.05, 4.69) is 11.7 Å². The maximum Gasteiger partial charge on any atom is 0.374 e. The summed E-state index contributed by atoms with van der Waals surface area (Å²) in [4.78, 5) is 22.7. The van der Waals surface area contributed by atoms with Gasteiger partial charge in [0.1, 0.15) is 6.26 Å². The van der Waals surface area contributed by atoms with Crippen LogP contribution in [0.5, 0.6) is 0 Å². The fraction of sp³-hybridized carbons (Fsp3) is 0.500. The molecule has 1 fully saturated rings. The molecule has 0 aliphatic heterocycles. The molecule has 0 amide bonds. The number of carbonyl (C=O) groups is 2. The maximum absolute atomic E-state index is 11.5. The minimum Gasteiger partial charge on any atom is -0.465 e. The Labute approximate surface area is 98.7 Å². The highest BCUT2D eigenvalue weighted by molar-refractivity contribution is 5.93. The van der Waals surface area contributed by atoms with Crippen molar-refractivity contribution in [3.05, 3.63) is 23.7 Å². The molecule has 92 valence electrons. The van der Waals surface area contributed by atoms with Crippen LogP contribution in [-0.4, -0.2) is 25.7 Å². The third kappa shape index (κ3) is 2.67. The molecule has 1 aliphatic carbocycles. The predicted molar refractivity (Wildman–Crippen MR) is 57.6 cm³/mol. The molecule has 0 unspecified atom stereocenters. The Balaban J connectivity index is 1.90. The van der Waals surface area contributed by atoms with Crippen LogP contribution in [-0.2, 0) is 9.47 Å². The number of hydrogen-bond acceptors (Lipinski definition) is 5. The first-order chi connectivity index (χ1) is 8.11. The number of hydrogen-bond donors (Lipinski definition) is 0. The summed E-state index contributed by atoms with van der Waals surface area (Å²) in [7, 11) is 1.27. The number of methoxy groups -OCH3 is 1. The van der Waals surface area contributed by atoms with Gasteiger partial charge in [-0.05, 0) is 18.3 Å². The van der Waals surface area contributed by atoms with Gasteiger partial charge in [-0.1, -0.05) is 6.92 Å². The van der Waals surface area contributed by atoms with Crippen molar-refractivity contribution < 1.29 is 23.5 Å². The summed E-state index contributed by atoms with van der Waals surface area (Å²) in [5.74, 6) is 0.0422. The second-order valence-electron chi connectivity index (χ2n) is 4.26. The molecule has 1 heterocycles. The quantitative estimate of drug-likeness (QED) is 0.749. The Bertz CT molecular complexity index is 434. The second-order valence-corrected chi connectivity index (χ2v) is 4.26. The van der Waals surface area contributed by atoms with Crippen molar-refractivity contribution in [2.75, 3.05) is 13.7 Å². The monoisotopic (exact) mass is 238 g/mol. The van der Waals surface area contributed by atoms with Crippen LogP contribution in [0.1, 0.15) is 34.3 Å². The number of esters is 2. The lowest BCUT2D eigenvalue weighted by Crippen LogP contribution is -2.07.